The largest absolute Gasteiger partial charge is 0.459 e. The summed E-state index contributed by atoms with van der Waals surface area (Å²) in [7, 11) is -3.98. The Labute approximate surface area is 476 Å². The number of carbonyl (C=O) groups is 2. The van der Waals surface area contributed by atoms with Gasteiger partial charge in [-0.3, -0.25) is 14.1 Å². The highest BCUT2D eigenvalue weighted by Gasteiger charge is 2.87. The van der Waals surface area contributed by atoms with Gasteiger partial charge in [-0.05, 0) is 95.0 Å². The van der Waals surface area contributed by atoms with Crippen LogP contribution in [0.5, 0.6) is 0 Å². The lowest BCUT2D eigenvalue weighted by molar-refractivity contribution is -0.382. The van der Waals surface area contributed by atoms with Gasteiger partial charge in [-0.15, -0.1) is 0 Å². The Morgan fingerprint density at radius 3 is 2.06 bits per heavy atom. The third kappa shape index (κ3) is 10.5. The molecule has 466 valence electrons. The van der Waals surface area contributed by atoms with Crippen LogP contribution in [0.25, 0.3) is 0 Å². The number of allylic oxidation sites excluding steroid dienone is 5. The molecule has 0 aromatic rings. The number of aliphatic hydroxyl groups is 9. The van der Waals surface area contributed by atoms with Gasteiger partial charge < -0.3 is 98.1 Å². The molecule has 9 rings (SSSR count). The van der Waals surface area contributed by atoms with Crippen LogP contribution in [-0.2, 0) is 76.3 Å². The number of hydrogen-bond acceptors (Lipinski definition) is 25. The Balaban J connectivity index is 0.919. The third-order valence-electron chi connectivity index (χ3n) is 20.0. The first-order valence-electron chi connectivity index (χ1n) is 28.1. The molecule has 0 bridgehead atoms. The van der Waals surface area contributed by atoms with Crippen LogP contribution < -0.4 is 0 Å². The van der Waals surface area contributed by atoms with E-state index in [4.69, 9.17) is 56.3 Å². The van der Waals surface area contributed by atoms with Gasteiger partial charge in [0.2, 0.25) is 0 Å². The Bertz CT molecular complexity index is 2560. The molecule has 26 nitrogen and oxygen atoms in total. The number of esters is 2. The zero-order valence-corrected chi connectivity index (χ0v) is 48.6. The van der Waals surface area contributed by atoms with Crippen LogP contribution in [-0.4, -0.2) is 232 Å². The number of fused-ring (bicyclic) bond motifs is 4. The quantitative estimate of drug-likeness (QED) is 0.0428. The average Bonchev–Trinajstić information content (AvgIpc) is 1.92. The number of carbonyl (C=O) groups excluding carboxylic acids is 2. The SMILES string of the molecule is CO[C@@H]1[C@@H](O)[C@H](O[C@@H]2[C@@H](O)[C@H](O[C@H]3[C@H](O)[C@@H](O)[C@H](O[C@H]4[C@H](O[C@H]5CC[C@]6(C)[C@H]7CC[C@]89C(=O)O[C@@](C)(/C=C\C=C(C)C)[C@@]8(O)[C@@H](OC(C)=O)C[C@@]9(C)C7=CC[C@H]6C5(C)C)OC[C@@H](OS(=O)(=O)O)[C@@H]4O)O[C@@H]3C)OC[C@H]2O)O[C@H](CO)[C@H]1O. The van der Waals surface area contributed by atoms with Gasteiger partial charge in [-0.2, -0.15) is 8.42 Å². The maximum atomic E-state index is 14.7. The highest BCUT2D eigenvalue weighted by Crippen LogP contribution is 2.77. The predicted molar refractivity (Wildman–Crippen MR) is 277 cm³/mol. The maximum Gasteiger partial charge on any atom is 0.397 e. The van der Waals surface area contributed by atoms with Crippen LogP contribution in [0.15, 0.2) is 35.5 Å². The second-order valence-electron chi connectivity index (χ2n) is 25.3. The summed E-state index contributed by atoms with van der Waals surface area (Å²) in [5, 5.41) is 102. The van der Waals surface area contributed by atoms with E-state index in [2.05, 4.69) is 13.0 Å². The molecule has 8 fully saturated rings. The van der Waals surface area contributed by atoms with Crippen molar-refractivity contribution in [1.82, 2.24) is 0 Å². The lowest BCUT2D eigenvalue weighted by Crippen LogP contribution is -2.66. The molecule has 0 radical (unpaired) electrons. The Hall–Kier alpha value is -2.69. The number of ether oxygens (including phenoxy) is 11. The minimum absolute atomic E-state index is 0.0953. The van der Waals surface area contributed by atoms with Gasteiger partial charge in [0, 0.05) is 19.4 Å². The third-order valence-corrected chi connectivity index (χ3v) is 20.5. The molecule has 5 heterocycles. The monoisotopic (exact) mass is 1190 g/mol. The molecule has 0 aromatic heterocycles. The van der Waals surface area contributed by atoms with E-state index in [9.17, 15) is 68.5 Å². The summed E-state index contributed by atoms with van der Waals surface area (Å²) >= 11 is 0. The molecule has 9 aliphatic rings. The van der Waals surface area contributed by atoms with E-state index in [0.29, 0.717) is 25.7 Å². The fraction of sp³-hybridized carbons (Fsp3) is 0.855. The molecule has 5 saturated heterocycles. The lowest BCUT2D eigenvalue weighted by atomic mass is 9.40. The Morgan fingerprint density at radius 2 is 1.41 bits per heavy atom. The molecule has 82 heavy (non-hydrogen) atoms. The number of methoxy groups -OCH3 is 1. The van der Waals surface area contributed by atoms with Gasteiger partial charge in [-0.1, -0.05) is 57.1 Å². The van der Waals surface area contributed by atoms with Gasteiger partial charge in [0.05, 0.1) is 32.0 Å². The summed E-state index contributed by atoms with van der Waals surface area (Å²) in [6.45, 7) is 14.7. The van der Waals surface area contributed by atoms with Crippen LogP contribution in [0, 0.1) is 33.5 Å². The molecular formula is C55H84O26S. The summed E-state index contributed by atoms with van der Waals surface area (Å²) in [6, 6.07) is 0. The van der Waals surface area contributed by atoms with Crippen molar-refractivity contribution in [2.75, 3.05) is 26.9 Å². The molecule has 0 aromatic carbocycles. The Kier molecular flexibility index (Phi) is 18.0. The summed E-state index contributed by atoms with van der Waals surface area (Å²) < 4.78 is 104. The van der Waals surface area contributed by atoms with E-state index in [0.717, 1.165) is 11.1 Å². The maximum absolute atomic E-state index is 14.7. The average molecular weight is 1190 g/mol. The van der Waals surface area contributed by atoms with Crippen LogP contribution in [0.4, 0.5) is 0 Å². The number of rotatable bonds is 15. The minimum atomic E-state index is -5.18. The summed E-state index contributed by atoms with van der Waals surface area (Å²) in [6.07, 6.45) is -21.2. The summed E-state index contributed by atoms with van der Waals surface area (Å²) in [5.41, 5.74) is -5.06. The highest BCUT2D eigenvalue weighted by atomic mass is 32.3. The van der Waals surface area contributed by atoms with E-state index in [1.807, 2.05) is 40.7 Å². The van der Waals surface area contributed by atoms with Crippen LogP contribution in [0.3, 0.4) is 0 Å². The fourth-order valence-corrected chi connectivity index (χ4v) is 16.4. The topological polar surface area (TPSA) is 381 Å². The van der Waals surface area contributed by atoms with Crippen molar-refractivity contribution >= 4 is 22.3 Å². The molecule has 27 atom stereocenters. The molecule has 0 unspecified atom stereocenters. The molecule has 1 spiro atoms. The first-order chi connectivity index (χ1) is 38.2. The van der Waals surface area contributed by atoms with Gasteiger partial charge >= 0.3 is 22.3 Å². The minimum Gasteiger partial charge on any atom is -0.459 e. The highest BCUT2D eigenvalue weighted by molar-refractivity contribution is 7.80. The number of cyclic esters (lactones) is 1. The summed E-state index contributed by atoms with van der Waals surface area (Å²) in [5.74, 6) is -1.34. The van der Waals surface area contributed by atoms with E-state index in [1.165, 1.54) is 21.0 Å². The van der Waals surface area contributed by atoms with E-state index < -0.39 is 198 Å². The first kappa shape index (κ1) is 63.8. The van der Waals surface area contributed by atoms with Crippen molar-refractivity contribution in [3.8, 4) is 0 Å². The predicted octanol–water partition coefficient (Wildman–Crippen LogP) is -0.489. The first-order valence-corrected chi connectivity index (χ1v) is 29.5. The molecule has 27 heteroatoms. The molecule has 0 amide bonds. The van der Waals surface area contributed by atoms with Gasteiger partial charge in [0.25, 0.3) is 0 Å². The number of aliphatic hydroxyl groups excluding tert-OH is 8. The van der Waals surface area contributed by atoms with Gasteiger partial charge in [0.1, 0.15) is 90.9 Å². The van der Waals surface area contributed by atoms with Crippen molar-refractivity contribution in [2.24, 2.45) is 33.5 Å². The molecule has 3 saturated carbocycles. The van der Waals surface area contributed by atoms with Crippen molar-refractivity contribution in [1.29, 1.82) is 0 Å². The fourth-order valence-electron chi connectivity index (χ4n) is 15.9. The van der Waals surface area contributed by atoms with E-state index >= 15 is 0 Å². The number of hydrogen-bond donors (Lipinski definition) is 10. The van der Waals surface area contributed by atoms with Gasteiger partial charge in [0.15, 0.2) is 36.4 Å². The molecule has 4 aliphatic carbocycles. The van der Waals surface area contributed by atoms with Crippen LogP contribution in [0.2, 0.25) is 0 Å². The normalized spacial score (nSPS) is 50.1. The molecule has 5 aliphatic heterocycles. The molecule has 10 N–H and O–H groups in total. The summed E-state index contributed by atoms with van der Waals surface area (Å²) in [4.78, 5) is 27.4. The Morgan fingerprint density at radius 1 is 0.768 bits per heavy atom. The van der Waals surface area contributed by atoms with Crippen molar-refractivity contribution < 1.29 is 125 Å². The van der Waals surface area contributed by atoms with E-state index in [1.54, 1.807) is 19.1 Å². The zero-order chi connectivity index (χ0) is 60.2. The smallest absolute Gasteiger partial charge is 0.397 e. The molecular weight excluding hydrogens is 1110 g/mol. The second kappa shape index (κ2) is 23.1. The van der Waals surface area contributed by atoms with Crippen LogP contribution in [0.1, 0.15) is 101 Å². The van der Waals surface area contributed by atoms with E-state index in [-0.39, 0.29) is 24.7 Å². The second-order valence-corrected chi connectivity index (χ2v) is 26.4. The standard InChI is InChI=1S/C55H84O26S/c1-24(2)12-11-17-53(9)55(66)34(74-26(4)57)20-52(8)28-13-14-32-50(5,6)33(16-18-51(32,7)27(28)15-19-54(52,55)49(65)80-53)76-48-44(36(60)31(23-72-48)81-82(67,68)69)79-46-38(62)37(61)41(25(3)73-46)77-45-39(63)42(29(58)22-71-45)78-47-40(64)43(70-10)35(59)30(21-56)75-47/h11-13,17,25,27,29-48,56,58-64,66H,14-16,18-23H2,1-10H3,(H,67,68,69)/b17-11-/t25-,27+,29-,30-,31-,32+,33+,34+,35-,36+,37-,38-,39-,40-,41-,42+,43+,44-,45+,46+,47+,48+,51-,52+,53+,54-,55+/m1/s1. The van der Waals surface area contributed by atoms with Crippen molar-refractivity contribution in [3.63, 3.8) is 0 Å². The van der Waals surface area contributed by atoms with Crippen molar-refractivity contribution in [3.05, 3.63) is 35.5 Å². The zero-order valence-electron chi connectivity index (χ0n) is 47.8. The van der Waals surface area contributed by atoms with Gasteiger partial charge in [-0.25, -0.2) is 4.18 Å². The van der Waals surface area contributed by atoms with Crippen molar-refractivity contribution in [2.45, 2.75) is 235 Å². The van der Waals surface area contributed by atoms with Crippen LogP contribution >= 0.6 is 0 Å². The lowest BCUT2D eigenvalue weighted by Gasteiger charge is -2.64.